The molecule has 0 N–H and O–H groups in total. The van der Waals surface area contributed by atoms with Gasteiger partial charge in [0.1, 0.15) is 6.61 Å². The van der Waals surface area contributed by atoms with E-state index in [2.05, 4.69) is 0 Å². The number of ether oxygens (including phenoxy) is 1. The minimum absolute atomic E-state index is 0. The summed E-state index contributed by atoms with van der Waals surface area (Å²) in [6.45, 7) is 1.32. The van der Waals surface area contributed by atoms with Gasteiger partial charge < -0.3 is 14.6 Å². The van der Waals surface area contributed by atoms with Gasteiger partial charge in [-0.3, -0.25) is 4.79 Å². The fraction of sp³-hybridized carbons (Fsp3) is 0.273. The first kappa shape index (κ1) is 14.9. The fourth-order valence-electron chi connectivity index (χ4n) is 0.950. The maximum absolute atomic E-state index is 11.1. The number of carboxylic acids is 1. The summed E-state index contributed by atoms with van der Waals surface area (Å²) in [6, 6.07) is 9.04. The van der Waals surface area contributed by atoms with E-state index in [0.29, 0.717) is 0 Å². The molecule has 0 saturated carbocycles. The van der Waals surface area contributed by atoms with Crippen molar-refractivity contribution in [1.29, 1.82) is 0 Å². The molecule has 1 rings (SSSR count). The van der Waals surface area contributed by atoms with Crippen molar-refractivity contribution in [2.24, 2.45) is 5.92 Å². The number of hydrogen-bond acceptors (Lipinski definition) is 4. The van der Waals surface area contributed by atoms with Gasteiger partial charge in [0, 0.05) is 0 Å². The van der Waals surface area contributed by atoms with Crippen molar-refractivity contribution >= 4 is 11.9 Å². The van der Waals surface area contributed by atoms with Crippen molar-refractivity contribution < 1.29 is 41.8 Å². The van der Waals surface area contributed by atoms with Crippen LogP contribution in [0.1, 0.15) is 12.5 Å². The SMILES string of the molecule is C[C@@H](C(=O)[O-])C(=O)OCc1ccccc1.[Ag+]. The minimum Gasteiger partial charge on any atom is -0.549 e. The minimum atomic E-state index is -1.42. The third-order valence-corrected chi connectivity index (χ3v) is 1.93. The van der Waals surface area contributed by atoms with E-state index in [1.165, 1.54) is 6.92 Å². The summed E-state index contributed by atoms with van der Waals surface area (Å²) in [5.41, 5.74) is 0.816. The number of esters is 1. The Balaban J connectivity index is 0.00000225. The molecule has 0 bridgehead atoms. The number of rotatable bonds is 4. The van der Waals surface area contributed by atoms with Gasteiger partial charge in [-0.1, -0.05) is 30.3 Å². The molecule has 4 nitrogen and oxygen atoms in total. The average molecular weight is 315 g/mol. The molecule has 0 heterocycles. The molecular weight excluding hydrogens is 304 g/mol. The molecule has 1 aromatic rings. The third-order valence-electron chi connectivity index (χ3n) is 1.93. The zero-order valence-electron chi connectivity index (χ0n) is 8.61. The maximum atomic E-state index is 11.1. The molecule has 0 spiro atoms. The van der Waals surface area contributed by atoms with Crippen LogP contribution in [0.25, 0.3) is 0 Å². The zero-order valence-corrected chi connectivity index (χ0v) is 10.1. The standard InChI is InChI=1S/C11H12O4.Ag/c1-8(10(12)13)11(14)15-7-9-5-3-2-4-6-9;/h2-6,8H,7H2,1H3,(H,12,13);/q;+1/p-1/t8-;/m0./s1. The van der Waals surface area contributed by atoms with Crippen LogP contribution in [0, 0.1) is 5.92 Å². The number of hydrogen-bond donors (Lipinski definition) is 0. The van der Waals surface area contributed by atoms with Gasteiger partial charge in [0.05, 0.1) is 11.9 Å². The van der Waals surface area contributed by atoms with E-state index in [0.717, 1.165) is 5.56 Å². The Bertz CT molecular complexity index is 350. The second-order valence-electron chi connectivity index (χ2n) is 3.13. The molecule has 0 radical (unpaired) electrons. The Morgan fingerprint density at radius 1 is 1.31 bits per heavy atom. The van der Waals surface area contributed by atoms with Crippen LogP contribution in [0.15, 0.2) is 30.3 Å². The Morgan fingerprint density at radius 2 is 1.88 bits per heavy atom. The van der Waals surface area contributed by atoms with Gasteiger partial charge >= 0.3 is 28.3 Å². The summed E-state index contributed by atoms with van der Waals surface area (Å²) in [5, 5.41) is 10.3. The van der Waals surface area contributed by atoms with Crippen LogP contribution in [0.5, 0.6) is 0 Å². The third kappa shape index (κ3) is 4.61. The normalized spacial score (nSPS) is 11.1. The van der Waals surface area contributed by atoms with Gasteiger partial charge in [-0.25, -0.2) is 0 Å². The molecule has 0 unspecified atom stereocenters. The van der Waals surface area contributed by atoms with Crippen molar-refractivity contribution in [3.63, 3.8) is 0 Å². The summed E-state index contributed by atoms with van der Waals surface area (Å²) in [5.74, 6) is -3.43. The molecule has 0 aliphatic carbocycles. The van der Waals surface area contributed by atoms with Crippen LogP contribution in [-0.2, 0) is 43.3 Å². The van der Waals surface area contributed by atoms with Crippen molar-refractivity contribution in [3.8, 4) is 0 Å². The molecule has 0 amide bonds. The van der Waals surface area contributed by atoms with Crippen molar-refractivity contribution in [2.75, 3.05) is 0 Å². The number of carbonyl (C=O) groups excluding carboxylic acids is 2. The van der Waals surface area contributed by atoms with Crippen LogP contribution >= 0.6 is 0 Å². The molecule has 0 fully saturated rings. The van der Waals surface area contributed by atoms with Crippen LogP contribution in [0.2, 0.25) is 0 Å². The predicted octanol–water partition coefficient (Wildman–Crippen LogP) is 0.113. The van der Waals surface area contributed by atoms with Crippen LogP contribution in [-0.4, -0.2) is 11.9 Å². The summed E-state index contributed by atoms with van der Waals surface area (Å²) >= 11 is 0. The van der Waals surface area contributed by atoms with Gasteiger partial charge in [-0.05, 0) is 12.5 Å². The van der Waals surface area contributed by atoms with E-state index < -0.39 is 17.9 Å². The van der Waals surface area contributed by atoms with E-state index in [9.17, 15) is 14.7 Å². The maximum Gasteiger partial charge on any atom is 1.00 e. The van der Waals surface area contributed by atoms with E-state index in [1.807, 2.05) is 18.2 Å². The van der Waals surface area contributed by atoms with Gasteiger partial charge in [0.25, 0.3) is 0 Å². The quantitative estimate of drug-likeness (QED) is 0.449. The first-order valence-electron chi connectivity index (χ1n) is 4.52. The van der Waals surface area contributed by atoms with E-state index in [-0.39, 0.29) is 29.0 Å². The Labute approximate surface area is 109 Å². The largest absolute Gasteiger partial charge is 1.00 e. The fourth-order valence-corrected chi connectivity index (χ4v) is 0.950. The zero-order chi connectivity index (χ0) is 11.3. The van der Waals surface area contributed by atoms with Gasteiger partial charge in [0.15, 0.2) is 0 Å². The molecule has 0 saturated heterocycles. The van der Waals surface area contributed by atoms with Crippen LogP contribution in [0.4, 0.5) is 0 Å². The van der Waals surface area contributed by atoms with Crippen molar-refractivity contribution in [3.05, 3.63) is 35.9 Å². The van der Waals surface area contributed by atoms with Crippen molar-refractivity contribution in [1.82, 2.24) is 0 Å². The van der Waals surface area contributed by atoms with Crippen LogP contribution in [0.3, 0.4) is 0 Å². The molecule has 90 valence electrons. The summed E-state index contributed by atoms with van der Waals surface area (Å²) in [7, 11) is 0. The molecule has 16 heavy (non-hydrogen) atoms. The van der Waals surface area contributed by atoms with Crippen molar-refractivity contribution in [2.45, 2.75) is 13.5 Å². The molecule has 5 heteroatoms. The van der Waals surface area contributed by atoms with Gasteiger partial charge in [0.2, 0.25) is 0 Å². The number of benzene rings is 1. The summed E-state index contributed by atoms with van der Waals surface area (Å²) in [6.07, 6.45) is 0. The van der Waals surface area contributed by atoms with Crippen LogP contribution < -0.4 is 5.11 Å². The first-order chi connectivity index (χ1) is 7.11. The summed E-state index contributed by atoms with van der Waals surface area (Å²) < 4.78 is 4.79. The Kier molecular flexibility index (Phi) is 6.72. The van der Waals surface area contributed by atoms with E-state index >= 15 is 0 Å². The molecule has 1 atom stereocenters. The molecule has 0 aromatic heterocycles. The summed E-state index contributed by atoms with van der Waals surface area (Å²) in [4.78, 5) is 21.5. The number of carbonyl (C=O) groups is 2. The van der Waals surface area contributed by atoms with Gasteiger partial charge in [-0.2, -0.15) is 0 Å². The Hall–Kier alpha value is -1.10. The Morgan fingerprint density at radius 3 is 2.38 bits per heavy atom. The molecule has 0 aliphatic heterocycles. The second-order valence-corrected chi connectivity index (χ2v) is 3.13. The number of aliphatic carboxylic acids is 1. The molecule has 0 aliphatic rings. The van der Waals surface area contributed by atoms with E-state index in [1.54, 1.807) is 12.1 Å². The number of carboxylic acid groups (broad SMARTS) is 1. The predicted molar refractivity (Wildman–Crippen MR) is 50.4 cm³/mol. The average Bonchev–Trinajstić information content (AvgIpc) is 2.26. The first-order valence-corrected chi connectivity index (χ1v) is 4.52. The molecule has 1 aromatic carbocycles. The topological polar surface area (TPSA) is 66.4 Å². The van der Waals surface area contributed by atoms with E-state index in [4.69, 9.17) is 4.74 Å². The monoisotopic (exact) mass is 314 g/mol. The second kappa shape index (κ2) is 7.22. The van der Waals surface area contributed by atoms with Gasteiger partial charge in [-0.15, -0.1) is 0 Å². The molecular formula is C11H11AgO4. The smallest absolute Gasteiger partial charge is 0.549 e.